The summed E-state index contributed by atoms with van der Waals surface area (Å²) in [6, 6.07) is 22.5. The minimum atomic E-state index is -0.840. The molecule has 3 N–H and O–H groups in total. The van der Waals surface area contributed by atoms with E-state index in [0.29, 0.717) is 27.3 Å². The highest BCUT2D eigenvalue weighted by atomic mass is 79.9. The van der Waals surface area contributed by atoms with E-state index in [0.717, 1.165) is 15.6 Å². The van der Waals surface area contributed by atoms with Gasteiger partial charge >= 0.3 is 6.03 Å². The number of halogens is 2. The lowest BCUT2D eigenvalue weighted by molar-refractivity contribution is -0.117. The fraction of sp³-hybridized carbons (Fsp3) is 0.0833. The number of hydrogen-bond acceptors (Lipinski definition) is 5. The van der Waals surface area contributed by atoms with Crippen molar-refractivity contribution in [2.75, 3.05) is 10.6 Å². The molecular weight excluding hydrogens is 538 g/mol. The molecule has 1 atom stereocenters. The lowest BCUT2D eigenvalue weighted by atomic mass is 10.1. The van der Waals surface area contributed by atoms with Gasteiger partial charge in [0, 0.05) is 21.5 Å². The number of para-hydroxylation sites is 1. The molecule has 4 aromatic rings. The van der Waals surface area contributed by atoms with Crippen molar-refractivity contribution in [1.82, 2.24) is 15.5 Å². The molecule has 0 spiro atoms. The van der Waals surface area contributed by atoms with Crippen LogP contribution >= 0.6 is 38.9 Å². The van der Waals surface area contributed by atoms with Crippen LogP contribution in [0.4, 0.5) is 15.6 Å². The first-order valence-electron chi connectivity index (χ1n) is 10.2. The van der Waals surface area contributed by atoms with Gasteiger partial charge in [0.05, 0.1) is 5.69 Å². The minimum Gasteiger partial charge on any atom is -0.326 e. The molecule has 0 radical (unpaired) electrons. The number of benzene rings is 3. The second kappa shape index (κ2) is 11.2. The first-order valence-corrected chi connectivity index (χ1v) is 12.2. The third-order valence-electron chi connectivity index (χ3n) is 4.77. The fourth-order valence-corrected chi connectivity index (χ4v) is 4.38. The van der Waals surface area contributed by atoms with Crippen LogP contribution in [-0.2, 0) is 11.2 Å². The number of rotatable bonds is 7. The molecule has 3 amide bonds. The summed E-state index contributed by atoms with van der Waals surface area (Å²) in [7, 11) is 0. The second-order valence-electron chi connectivity index (χ2n) is 7.23. The fourth-order valence-electron chi connectivity index (χ4n) is 3.11. The number of urea groups is 1. The van der Waals surface area contributed by atoms with Crippen LogP contribution in [0.2, 0.25) is 5.02 Å². The quantitative estimate of drug-likeness (QED) is 0.260. The number of nitrogens with one attached hydrogen (secondary N) is 3. The maximum atomic E-state index is 13.1. The van der Waals surface area contributed by atoms with Crippen LogP contribution < -0.4 is 16.0 Å². The molecule has 172 valence electrons. The Bertz CT molecular complexity index is 1280. The molecule has 0 aliphatic heterocycles. The van der Waals surface area contributed by atoms with E-state index in [9.17, 15) is 9.59 Å². The van der Waals surface area contributed by atoms with Crippen molar-refractivity contribution < 1.29 is 9.59 Å². The summed E-state index contributed by atoms with van der Waals surface area (Å²) in [6.07, 6.45) is 0.304. The van der Waals surface area contributed by atoms with E-state index < -0.39 is 18.0 Å². The highest BCUT2D eigenvalue weighted by molar-refractivity contribution is 9.10. The number of carbonyl (C=O) groups excluding carboxylic acids is 2. The van der Waals surface area contributed by atoms with Gasteiger partial charge in [0.1, 0.15) is 11.0 Å². The Hall–Kier alpha value is -3.27. The molecule has 0 unspecified atom stereocenters. The average Bonchev–Trinajstić information content (AvgIpc) is 3.29. The van der Waals surface area contributed by atoms with Crippen molar-refractivity contribution >= 4 is 61.6 Å². The monoisotopic (exact) mass is 555 g/mol. The molecule has 34 heavy (non-hydrogen) atoms. The van der Waals surface area contributed by atoms with Crippen molar-refractivity contribution in [1.29, 1.82) is 0 Å². The average molecular weight is 557 g/mol. The Kier molecular flexibility index (Phi) is 7.89. The predicted octanol–water partition coefficient (Wildman–Crippen LogP) is 5.99. The summed E-state index contributed by atoms with van der Waals surface area (Å²) in [5.41, 5.74) is 2.34. The van der Waals surface area contributed by atoms with Crippen LogP contribution in [0.5, 0.6) is 0 Å². The third-order valence-corrected chi connectivity index (χ3v) is 6.60. The molecule has 0 saturated carbocycles. The molecular formula is C24H19BrClN5O2S. The summed E-state index contributed by atoms with van der Waals surface area (Å²) in [5.74, 6) is -0.398. The highest BCUT2D eigenvalue weighted by Crippen LogP contribution is 2.27. The standard InChI is InChI=1S/C24H19BrClN5O2S/c25-18-8-4-5-9-19(18)27-23(33)28-20(14-15-6-2-1-3-7-15)21(32)29-24-31-30-22(34-24)16-10-12-17(26)13-11-16/h1-13,20H,14H2,(H2,27,28,33)(H,29,31,32)/t20-/m1/s1. The Labute approximate surface area is 213 Å². The van der Waals surface area contributed by atoms with Crippen LogP contribution in [0, 0.1) is 0 Å². The highest BCUT2D eigenvalue weighted by Gasteiger charge is 2.23. The number of nitrogens with zero attached hydrogens (tertiary/aromatic N) is 2. The van der Waals surface area contributed by atoms with Gasteiger partial charge < -0.3 is 10.6 Å². The third kappa shape index (κ3) is 6.40. The van der Waals surface area contributed by atoms with E-state index in [1.165, 1.54) is 11.3 Å². The van der Waals surface area contributed by atoms with Crippen LogP contribution in [0.3, 0.4) is 0 Å². The van der Waals surface area contributed by atoms with E-state index in [4.69, 9.17) is 11.6 Å². The van der Waals surface area contributed by atoms with E-state index >= 15 is 0 Å². The molecule has 1 aromatic heterocycles. The lowest BCUT2D eigenvalue weighted by Crippen LogP contribution is -2.47. The molecule has 0 aliphatic rings. The van der Waals surface area contributed by atoms with Crippen molar-refractivity contribution in [3.8, 4) is 10.6 Å². The van der Waals surface area contributed by atoms with E-state index in [1.807, 2.05) is 60.7 Å². The Morgan fingerprint density at radius 1 is 0.912 bits per heavy atom. The summed E-state index contributed by atoms with van der Waals surface area (Å²) in [4.78, 5) is 25.8. The normalized spacial score (nSPS) is 11.5. The predicted molar refractivity (Wildman–Crippen MR) is 139 cm³/mol. The van der Waals surface area contributed by atoms with Gasteiger partial charge in [0.15, 0.2) is 0 Å². The molecule has 10 heteroatoms. The molecule has 0 saturated heterocycles. The maximum Gasteiger partial charge on any atom is 0.319 e. The zero-order valence-electron chi connectivity index (χ0n) is 17.7. The number of amides is 3. The van der Waals surface area contributed by atoms with Gasteiger partial charge in [-0.05, 0) is 45.8 Å². The van der Waals surface area contributed by atoms with Crippen LogP contribution in [0.15, 0.2) is 83.3 Å². The number of aromatic nitrogens is 2. The van der Waals surface area contributed by atoms with Crippen LogP contribution in [0.25, 0.3) is 10.6 Å². The molecule has 1 heterocycles. The van der Waals surface area contributed by atoms with Crippen LogP contribution in [0.1, 0.15) is 5.56 Å². The summed E-state index contributed by atoms with van der Waals surface area (Å²) in [6.45, 7) is 0. The Morgan fingerprint density at radius 3 is 2.35 bits per heavy atom. The zero-order chi connectivity index (χ0) is 23.9. The van der Waals surface area contributed by atoms with Crippen molar-refractivity contribution in [3.05, 3.63) is 93.9 Å². The summed E-state index contributed by atoms with van der Waals surface area (Å²) >= 11 is 10.6. The van der Waals surface area contributed by atoms with Gasteiger partial charge in [-0.1, -0.05) is 77.5 Å². The molecule has 0 fully saturated rings. The first kappa shape index (κ1) is 23.9. The lowest BCUT2D eigenvalue weighted by Gasteiger charge is -2.18. The minimum absolute atomic E-state index is 0.304. The van der Waals surface area contributed by atoms with Gasteiger partial charge in [0.25, 0.3) is 0 Å². The van der Waals surface area contributed by atoms with E-state index in [2.05, 4.69) is 42.1 Å². The molecule has 0 bridgehead atoms. The maximum absolute atomic E-state index is 13.1. The van der Waals surface area contributed by atoms with Gasteiger partial charge in [-0.2, -0.15) is 0 Å². The zero-order valence-corrected chi connectivity index (χ0v) is 20.8. The Morgan fingerprint density at radius 2 is 1.62 bits per heavy atom. The van der Waals surface area contributed by atoms with E-state index in [-0.39, 0.29) is 0 Å². The van der Waals surface area contributed by atoms with Crippen molar-refractivity contribution in [3.63, 3.8) is 0 Å². The largest absolute Gasteiger partial charge is 0.326 e. The van der Waals surface area contributed by atoms with Gasteiger partial charge in [-0.3, -0.25) is 10.1 Å². The number of hydrogen-bond donors (Lipinski definition) is 3. The summed E-state index contributed by atoms with van der Waals surface area (Å²) < 4.78 is 0.734. The van der Waals surface area contributed by atoms with Gasteiger partial charge in [0.2, 0.25) is 11.0 Å². The van der Waals surface area contributed by atoms with Gasteiger partial charge in [-0.15, -0.1) is 10.2 Å². The smallest absolute Gasteiger partial charge is 0.319 e. The SMILES string of the molecule is O=C(Nc1ccccc1Br)N[C@H](Cc1ccccc1)C(=O)Nc1nnc(-c2ccc(Cl)cc2)s1. The van der Waals surface area contributed by atoms with E-state index in [1.54, 1.807) is 18.2 Å². The molecule has 3 aromatic carbocycles. The molecule has 7 nitrogen and oxygen atoms in total. The van der Waals surface area contributed by atoms with Crippen LogP contribution in [-0.4, -0.2) is 28.2 Å². The first-order chi connectivity index (χ1) is 16.5. The second-order valence-corrected chi connectivity index (χ2v) is 9.50. The molecule has 0 aliphatic carbocycles. The molecule has 4 rings (SSSR count). The van der Waals surface area contributed by atoms with Crippen molar-refractivity contribution in [2.45, 2.75) is 12.5 Å². The summed E-state index contributed by atoms with van der Waals surface area (Å²) in [5, 5.41) is 18.1. The number of carbonyl (C=O) groups is 2. The topological polar surface area (TPSA) is 96.0 Å². The Balaban J connectivity index is 1.48. The van der Waals surface area contributed by atoms with Crippen molar-refractivity contribution in [2.24, 2.45) is 0 Å². The number of anilines is 2. The van der Waals surface area contributed by atoms with Gasteiger partial charge in [-0.25, -0.2) is 4.79 Å².